The van der Waals surface area contributed by atoms with Crippen LogP contribution in [0.3, 0.4) is 0 Å². The number of fused-ring (bicyclic) bond motifs is 1. The Hall–Kier alpha value is -1.81. The molecule has 96 valence electrons. The minimum Gasteiger partial charge on any atom is -0.490 e. The van der Waals surface area contributed by atoms with Crippen molar-refractivity contribution >= 4 is 16.6 Å². The van der Waals surface area contributed by atoms with Gasteiger partial charge in [-0.25, -0.2) is 0 Å². The molecule has 1 atom stereocenters. The van der Waals surface area contributed by atoms with Crippen molar-refractivity contribution < 1.29 is 9.47 Å². The molecule has 1 unspecified atom stereocenters. The lowest BCUT2D eigenvalue weighted by Crippen LogP contribution is -2.14. The second kappa shape index (κ2) is 5.69. The zero-order chi connectivity index (χ0) is 13.0. The molecule has 2 N–H and O–H groups in total. The monoisotopic (exact) mass is 246 g/mol. The number of ether oxygens (including phenoxy) is 2. The number of nitrogens with zero attached hydrogens (tertiary/aromatic N) is 1. The SMILES string of the molecule is COCCC(C)Oc1ccc(N)c2ncccc12. The van der Waals surface area contributed by atoms with E-state index >= 15 is 0 Å². The number of benzene rings is 1. The van der Waals surface area contributed by atoms with E-state index in [9.17, 15) is 0 Å². The third kappa shape index (κ3) is 2.71. The van der Waals surface area contributed by atoms with E-state index in [1.54, 1.807) is 13.3 Å². The average Bonchev–Trinajstić information content (AvgIpc) is 2.40. The van der Waals surface area contributed by atoms with Gasteiger partial charge in [-0.2, -0.15) is 0 Å². The summed E-state index contributed by atoms with van der Waals surface area (Å²) >= 11 is 0. The fourth-order valence-corrected chi connectivity index (χ4v) is 1.83. The standard InChI is InChI=1S/C14H18N2O2/c1-10(7-9-17-2)18-13-6-5-12(15)14-11(13)4-3-8-16-14/h3-6,8,10H,7,9,15H2,1-2H3. The lowest BCUT2D eigenvalue weighted by Gasteiger charge is -2.16. The Morgan fingerprint density at radius 2 is 2.17 bits per heavy atom. The van der Waals surface area contributed by atoms with Crippen LogP contribution < -0.4 is 10.5 Å². The van der Waals surface area contributed by atoms with E-state index in [1.165, 1.54) is 0 Å². The fraction of sp³-hybridized carbons (Fsp3) is 0.357. The summed E-state index contributed by atoms with van der Waals surface area (Å²) < 4.78 is 11.0. The molecule has 1 aromatic heterocycles. The highest BCUT2D eigenvalue weighted by atomic mass is 16.5. The first kappa shape index (κ1) is 12.6. The highest BCUT2D eigenvalue weighted by Gasteiger charge is 2.09. The molecule has 0 aliphatic carbocycles. The van der Waals surface area contributed by atoms with Gasteiger partial charge < -0.3 is 15.2 Å². The molecule has 0 amide bonds. The van der Waals surface area contributed by atoms with Gasteiger partial charge in [0.15, 0.2) is 0 Å². The van der Waals surface area contributed by atoms with Crippen LogP contribution in [0, 0.1) is 0 Å². The Kier molecular flexibility index (Phi) is 3.99. The molecule has 0 saturated heterocycles. The lowest BCUT2D eigenvalue weighted by atomic mass is 10.1. The molecule has 0 fully saturated rings. The smallest absolute Gasteiger partial charge is 0.129 e. The quantitative estimate of drug-likeness (QED) is 0.824. The van der Waals surface area contributed by atoms with Gasteiger partial charge in [0, 0.05) is 31.7 Å². The Morgan fingerprint density at radius 1 is 1.33 bits per heavy atom. The van der Waals surface area contributed by atoms with E-state index in [0.717, 1.165) is 23.1 Å². The molecule has 2 aromatic rings. The van der Waals surface area contributed by atoms with Crippen LogP contribution in [0.5, 0.6) is 5.75 Å². The molecule has 0 spiro atoms. The Balaban J connectivity index is 2.26. The molecule has 0 aliphatic rings. The number of nitrogens with two attached hydrogens (primary N) is 1. The minimum atomic E-state index is 0.0944. The van der Waals surface area contributed by atoms with E-state index in [4.69, 9.17) is 15.2 Å². The summed E-state index contributed by atoms with van der Waals surface area (Å²) in [5.41, 5.74) is 7.35. The summed E-state index contributed by atoms with van der Waals surface area (Å²) in [5, 5.41) is 0.946. The van der Waals surface area contributed by atoms with Crippen molar-refractivity contribution in [1.82, 2.24) is 4.98 Å². The molecule has 2 rings (SSSR count). The number of hydrogen-bond donors (Lipinski definition) is 1. The molecular weight excluding hydrogens is 228 g/mol. The van der Waals surface area contributed by atoms with Crippen molar-refractivity contribution in [3.63, 3.8) is 0 Å². The minimum absolute atomic E-state index is 0.0944. The number of aromatic nitrogens is 1. The highest BCUT2D eigenvalue weighted by molar-refractivity contribution is 5.93. The van der Waals surface area contributed by atoms with E-state index in [1.807, 2.05) is 31.2 Å². The van der Waals surface area contributed by atoms with Crippen molar-refractivity contribution in [2.75, 3.05) is 19.5 Å². The molecule has 1 heterocycles. The number of rotatable bonds is 5. The highest BCUT2D eigenvalue weighted by Crippen LogP contribution is 2.29. The van der Waals surface area contributed by atoms with E-state index in [-0.39, 0.29) is 6.10 Å². The van der Waals surface area contributed by atoms with Crippen molar-refractivity contribution in [3.8, 4) is 5.75 Å². The summed E-state index contributed by atoms with van der Waals surface area (Å²) in [6, 6.07) is 7.57. The first-order valence-corrected chi connectivity index (χ1v) is 6.01. The third-order valence-electron chi connectivity index (χ3n) is 2.82. The van der Waals surface area contributed by atoms with Gasteiger partial charge in [0.1, 0.15) is 5.75 Å². The third-order valence-corrected chi connectivity index (χ3v) is 2.82. The van der Waals surface area contributed by atoms with E-state index in [2.05, 4.69) is 4.98 Å². The molecule has 4 nitrogen and oxygen atoms in total. The Morgan fingerprint density at radius 3 is 2.94 bits per heavy atom. The van der Waals surface area contributed by atoms with Gasteiger partial charge in [0.05, 0.1) is 17.3 Å². The fourth-order valence-electron chi connectivity index (χ4n) is 1.83. The number of anilines is 1. The predicted molar refractivity (Wildman–Crippen MR) is 72.7 cm³/mol. The Bertz CT molecular complexity index is 528. The normalized spacial score (nSPS) is 12.6. The zero-order valence-corrected chi connectivity index (χ0v) is 10.7. The number of pyridine rings is 1. The molecule has 0 bridgehead atoms. The van der Waals surface area contributed by atoms with E-state index < -0.39 is 0 Å². The lowest BCUT2D eigenvalue weighted by molar-refractivity contribution is 0.136. The summed E-state index contributed by atoms with van der Waals surface area (Å²) in [7, 11) is 1.69. The van der Waals surface area contributed by atoms with Gasteiger partial charge >= 0.3 is 0 Å². The maximum Gasteiger partial charge on any atom is 0.129 e. The van der Waals surface area contributed by atoms with Crippen LogP contribution in [0.2, 0.25) is 0 Å². The summed E-state index contributed by atoms with van der Waals surface area (Å²) in [5.74, 6) is 0.816. The van der Waals surface area contributed by atoms with Gasteiger partial charge in [0.2, 0.25) is 0 Å². The summed E-state index contributed by atoms with van der Waals surface area (Å²) in [4.78, 5) is 4.28. The van der Waals surface area contributed by atoms with Crippen LogP contribution in [0.25, 0.3) is 10.9 Å². The number of hydrogen-bond acceptors (Lipinski definition) is 4. The van der Waals surface area contributed by atoms with Crippen LogP contribution in [-0.2, 0) is 4.74 Å². The van der Waals surface area contributed by atoms with Crippen LogP contribution >= 0.6 is 0 Å². The van der Waals surface area contributed by atoms with Gasteiger partial charge in [-0.05, 0) is 31.2 Å². The first-order valence-electron chi connectivity index (χ1n) is 6.01. The van der Waals surface area contributed by atoms with Crippen molar-refractivity contribution in [2.45, 2.75) is 19.4 Å². The average molecular weight is 246 g/mol. The van der Waals surface area contributed by atoms with Crippen molar-refractivity contribution in [2.24, 2.45) is 0 Å². The molecule has 0 radical (unpaired) electrons. The molecule has 4 heteroatoms. The summed E-state index contributed by atoms with van der Waals surface area (Å²) in [6.07, 6.45) is 2.68. The first-order chi connectivity index (χ1) is 8.72. The topological polar surface area (TPSA) is 57.4 Å². The molecule has 18 heavy (non-hydrogen) atoms. The second-order valence-electron chi connectivity index (χ2n) is 4.26. The number of nitrogen functional groups attached to an aromatic ring is 1. The van der Waals surface area contributed by atoms with Crippen LogP contribution in [0.15, 0.2) is 30.5 Å². The second-order valence-corrected chi connectivity index (χ2v) is 4.26. The largest absolute Gasteiger partial charge is 0.490 e. The molecule has 0 aliphatic heterocycles. The Labute approximate surface area is 107 Å². The van der Waals surface area contributed by atoms with Crippen molar-refractivity contribution in [1.29, 1.82) is 0 Å². The maximum atomic E-state index is 5.91. The molecular formula is C14H18N2O2. The maximum absolute atomic E-state index is 5.91. The summed E-state index contributed by atoms with van der Waals surface area (Å²) in [6.45, 7) is 2.71. The van der Waals surface area contributed by atoms with Gasteiger partial charge in [0.25, 0.3) is 0 Å². The van der Waals surface area contributed by atoms with Crippen LogP contribution in [0.1, 0.15) is 13.3 Å². The molecule has 1 aromatic carbocycles. The van der Waals surface area contributed by atoms with Gasteiger partial charge in [-0.1, -0.05) is 0 Å². The van der Waals surface area contributed by atoms with Gasteiger partial charge in [-0.15, -0.1) is 0 Å². The van der Waals surface area contributed by atoms with Gasteiger partial charge in [-0.3, -0.25) is 4.98 Å². The van der Waals surface area contributed by atoms with E-state index in [0.29, 0.717) is 12.3 Å². The zero-order valence-electron chi connectivity index (χ0n) is 10.7. The van der Waals surface area contributed by atoms with Crippen LogP contribution in [0.4, 0.5) is 5.69 Å². The number of methoxy groups -OCH3 is 1. The van der Waals surface area contributed by atoms with Crippen molar-refractivity contribution in [3.05, 3.63) is 30.5 Å². The predicted octanol–water partition coefficient (Wildman–Crippen LogP) is 2.62. The van der Waals surface area contributed by atoms with Crippen LogP contribution in [-0.4, -0.2) is 24.8 Å². The molecule has 0 saturated carbocycles.